The van der Waals surface area contributed by atoms with E-state index in [-0.39, 0.29) is 0 Å². The van der Waals surface area contributed by atoms with Crippen molar-refractivity contribution in [1.82, 2.24) is 9.78 Å². The maximum atomic E-state index is 4.68. The van der Waals surface area contributed by atoms with Gasteiger partial charge in [0, 0.05) is 30.9 Å². The summed E-state index contributed by atoms with van der Waals surface area (Å²) in [5.74, 6) is 0.737. The van der Waals surface area contributed by atoms with Crippen molar-refractivity contribution in [2.75, 3.05) is 6.54 Å². The Labute approximate surface area is 101 Å². The van der Waals surface area contributed by atoms with Crippen molar-refractivity contribution in [3.8, 4) is 0 Å². The van der Waals surface area contributed by atoms with Gasteiger partial charge in [-0.25, -0.2) is 0 Å². The Hall–Kier alpha value is -1.64. The number of nitrogens with zero attached hydrogens (tertiary/aromatic N) is 3. The van der Waals surface area contributed by atoms with Crippen LogP contribution in [0, 0.1) is 5.92 Å². The molecule has 2 heterocycles. The zero-order valence-corrected chi connectivity index (χ0v) is 10.3. The molecule has 0 bridgehead atoms. The smallest absolute Gasteiger partial charge is 0.0923 e. The number of hydrogen-bond acceptors (Lipinski definition) is 2. The van der Waals surface area contributed by atoms with Crippen LogP contribution < -0.4 is 0 Å². The Kier molecular flexibility index (Phi) is 2.46. The van der Waals surface area contributed by atoms with Crippen LogP contribution in [-0.4, -0.2) is 22.0 Å². The summed E-state index contributed by atoms with van der Waals surface area (Å²) in [6.07, 6.45) is 4.42. The lowest BCUT2D eigenvalue weighted by Crippen LogP contribution is -2.14. The van der Waals surface area contributed by atoms with Crippen LogP contribution in [0.15, 0.2) is 29.4 Å². The van der Waals surface area contributed by atoms with Crippen molar-refractivity contribution in [1.29, 1.82) is 0 Å². The van der Waals surface area contributed by atoms with E-state index < -0.39 is 0 Å². The van der Waals surface area contributed by atoms with E-state index in [1.54, 1.807) is 0 Å². The monoisotopic (exact) mass is 227 g/mol. The molecule has 1 unspecified atom stereocenters. The van der Waals surface area contributed by atoms with Gasteiger partial charge in [0.15, 0.2) is 0 Å². The van der Waals surface area contributed by atoms with Crippen molar-refractivity contribution in [2.24, 2.45) is 18.0 Å². The van der Waals surface area contributed by atoms with E-state index in [2.05, 4.69) is 41.4 Å². The second-order valence-corrected chi connectivity index (χ2v) is 5.01. The molecule has 0 fully saturated rings. The van der Waals surface area contributed by atoms with Gasteiger partial charge in [0.2, 0.25) is 0 Å². The van der Waals surface area contributed by atoms with Gasteiger partial charge in [-0.2, -0.15) is 5.10 Å². The number of aliphatic imine (C=N–C) groups is 1. The summed E-state index contributed by atoms with van der Waals surface area (Å²) in [6.45, 7) is 3.24. The van der Waals surface area contributed by atoms with Crippen LogP contribution in [0.25, 0.3) is 10.9 Å². The van der Waals surface area contributed by atoms with E-state index in [4.69, 9.17) is 0 Å². The molecule has 0 saturated heterocycles. The van der Waals surface area contributed by atoms with E-state index in [0.29, 0.717) is 0 Å². The molecule has 88 valence electrons. The van der Waals surface area contributed by atoms with Crippen LogP contribution in [0.4, 0.5) is 0 Å². The van der Waals surface area contributed by atoms with Crippen molar-refractivity contribution in [3.05, 3.63) is 30.0 Å². The molecular weight excluding hydrogens is 210 g/mol. The van der Waals surface area contributed by atoms with Crippen molar-refractivity contribution in [3.63, 3.8) is 0 Å². The number of aryl methyl sites for hydroxylation is 1. The highest BCUT2D eigenvalue weighted by atomic mass is 15.2. The van der Waals surface area contributed by atoms with Gasteiger partial charge < -0.3 is 0 Å². The van der Waals surface area contributed by atoms with Gasteiger partial charge >= 0.3 is 0 Å². The Morgan fingerprint density at radius 1 is 1.35 bits per heavy atom. The number of benzene rings is 1. The first-order valence-electron chi connectivity index (χ1n) is 6.19. The third-order valence-corrected chi connectivity index (χ3v) is 3.42. The fraction of sp³-hybridized carbons (Fsp3) is 0.429. The molecule has 3 heteroatoms. The summed E-state index contributed by atoms with van der Waals surface area (Å²) in [7, 11) is 1.96. The molecule has 3 nitrogen and oxygen atoms in total. The van der Waals surface area contributed by atoms with Crippen LogP contribution in [0.1, 0.15) is 25.3 Å². The van der Waals surface area contributed by atoms with E-state index in [1.165, 1.54) is 23.1 Å². The Morgan fingerprint density at radius 3 is 3.00 bits per heavy atom. The first-order valence-corrected chi connectivity index (χ1v) is 6.19. The topological polar surface area (TPSA) is 30.2 Å². The SMILES string of the molecule is CC1CCC(c2ccc3nn(C)cc3c2)=NC1. The summed E-state index contributed by atoms with van der Waals surface area (Å²) in [4.78, 5) is 4.68. The number of hydrogen-bond donors (Lipinski definition) is 0. The van der Waals surface area contributed by atoms with Gasteiger partial charge in [0.05, 0.1) is 5.52 Å². The molecule has 0 spiro atoms. The molecule has 0 aliphatic carbocycles. The van der Waals surface area contributed by atoms with Crippen molar-refractivity contribution >= 4 is 16.6 Å². The summed E-state index contributed by atoms with van der Waals surface area (Å²) in [5.41, 5.74) is 3.58. The van der Waals surface area contributed by atoms with Crippen LogP contribution in [0.3, 0.4) is 0 Å². The number of rotatable bonds is 1. The minimum absolute atomic E-state index is 0.737. The molecular formula is C14H17N3. The van der Waals surface area contributed by atoms with Crippen LogP contribution in [0.5, 0.6) is 0 Å². The number of fused-ring (bicyclic) bond motifs is 1. The van der Waals surface area contributed by atoms with Crippen LogP contribution in [0.2, 0.25) is 0 Å². The molecule has 3 rings (SSSR count). The van der Waals surface area contributed by atoms with E-state index in [1.807, 2.05) is 11.7 Å². The fourth-order valence-corrected chi connectivity index (χ4v) is 2.38. The fourth-order valence-electron chi connectivity index (χ4n) is 2.38. The molecule has 0 radical (unpaired) electrons. The summed E-state index contributed by atoms with van der Waals surface area (Å²) >= 11 is 0. The maximum Gasteiger partial charge on any atom is 0.0923 e. The minimum atomic E-state index is 0.737. The molecule has 1 aromatic heterocycles. The number of aromatic nitrogens is 2. The average Bonchev–Trinajstić information content (AvgIpc) is 2.69. The highest BCUT2D eigenvalue weighted by Crippen LogP contribution is 2.20. The first-order chi connectivity index (χ1) is 8.22. The average molecular weight is 227 g/mol. The quantitative estimate of drug-likeness (QED) is 0.736. The van der Waals surface area contributed by atoms with Gasteiger partial charge in [-0.1, -0.05) is 13.0 Å². The largest absolute Gasteiger partial charge is 0.289 e. The van der Waals surface area contributed by atoms with E-state index in [0.717, 1.165) is 24.4 Å². The zero-order valence-electron chi connectivity index (χ0n) is 10.3. The predicted octanol–water partition coefficient (Wildman–Crippen LogP) is 2.79. The highest BCUT2D eigenvalue weighted by molar-refractivity contribution is 6.03. The lowest BCUT2D eigenvalue weighted by Gasteiger charge is -2.17. The summed E-state index contributed by atoms with van der Waals surface area (Å²) in [6, 6.07) is 6.44. The lowest BCUT2D eigenvalue weighted by molar-refractivity contribution is 0.538. The molecule has 1 aliphatic heterocycles. The van der Waals surface area contributed by atoms with Crippen LogP contribution >= 0.6 is 0 Å². The Morgan fingerprint density at radius 2 is 2.24 bits per heavy atom. The molecule has 1 aromatic carbocycles. The first kappa shape index (κ1) is 10.5. The van der Waals surface area contributed by atoms with Gasteiger partial charge in [-0.05, 0) is 36.5 Å². The van der Waals surface area contributed by atoms with E-state index in [9.17, 15) is 0 Å². The third kappa shape index (κ3) is 1.97. The second kappa shape index (κ2) is 3.99. The molecule has 1 aliphatic rings. The Bertz CT molecular complexity index is 580. The normalized spacial score (nSPS) is 20.6. The zero-order chi connectivity index (χ0) is 11.8. The van der Waals surface area contributed by atoms with Gasteiger partial charge in [-0.15, -0.1) is 0 Å². The standard InChI is InChI=1S/C14H17N3/c1-10-3-5-13(15-8-10)11-4-6-14-12(7-11)9-17(2)16-14/h4,6-7,9-10H,3,5,8H2,1-2H3. The highest BCUT2D eigenvalue weighted by Gasteiger charge is 2.13. The molecule has 17 heavy (non-hydrogen) atoms. The molecule has 0 amide bonds. The predicted molar refractivity (Wildman–Crippen MR) is 70.5 cm³/mol. The van der Waals surface area contributed by atoms with Gasteiger partial charge in [0.25, 0.3) is 0 Å². The van der Waals surface area contributed by atoms with Gasteiger partial charge in [-0.3, -0.25) is 9.67 Å². The maximum absolute atomic E-state index is 4.68. The summed E-state index contributed by atoms with van der Waals surface area (Å²) < 4.78 is 1.86. The Balaban J connectivity index is 2.00. The lowest BCUT2D eigenvalue weighted by atomic mass is 9.95. The molecule has 2 aromatic rings. The molecule has 1 atom stereocenters. The summed E-state index contributed by atoms with van der Waals surface area (Å²) in [5, 5.41) is 5.59. The van der Waals surface area contributed by atoms with Crippen molar-refractivity contribution in [2.45, 2.75) is 19.8 Å². The van der Waals surface area contributed by atoms with Gasteiger partial charge in [0.1, 0.15) is 0 Å². The minimum Gasteiger partial charge on any atom is -0.289 e. The second-order valence-electron chi connectivity index (χ2n) is 5.01. The molecule has 0 saturated carbocycles. The van der Waals surface area contributed by atoms with Crippen LogP contribution in [-0.2, 0) is 7.05 Å². The third-order valence-electron chi connectivity index (χ3n) is 3.42. The molecule has 0 N–H and O–H groups in total. The van der Waals surface area contributed by atoms with Crippen molar-refractivity contribution < 1.29 is 0 Å². The van der Waals surface area contributed by atoms with E-state index >= 15 is 0 Å².